The Morgan fingerprint density at radius 3 is 2.11 bits per heavy atom. The number of benzene rings is 1. The molecule has 0 saturated carbocycles. The average Bonchev–Trinajstić information content (AvgIpc) is 2.51. The maximum Gasteiger partial charge on any atom is 0.0347 e. The minimum atomic E-state index is 0. The van der Waals surface area contributed by atoms with Gasteiger partial charge in [0.1, 0.15) is 0 Å². The van der Waals surface area contributed by atoms with Gasteiger partial charge in [-0.2, -0.15) is 0 Å². The maximum atomic E-state index is 6.03. The standard InChI is InChI=1S/C14H19N.2C2H6.H2/c1-3-14(15)13-9-8-10(2)11-6-4-5-7-12(11)13;2*1-2;/h3,8-9H,4-7,15H2,1-2H3;2*1-2H3;1H/b14-3-;;;. The third-order valence-electron chi connectivity index (χ3n) is 3.39. The molecule has 1 aliphatic rings. The normalized spacial score (nSPS) is 13.5. The molecule has 0 amide bonds. The summed E-state index contributed by atoms with van der Waals surface area (Å²) in [6, 6.07) is 4.38. The van der Waals surface area contributed by atoms with E-state index in [0.717, 1.165) is 5.70 Å². The number of allylic oxidation sites excluding steroid dienone is 1. The van der Waals surface area contributed by atoms with Crippen LogP contribution in [0.1, 0.15) is 71.1 Å². The Hall–Kier alpha value is -1.24. The molecule has 1 heteroatoms. The zero-order valence-corrected chi connectivity index (χ0v) is 13.6. The van der Waals surface area contributed by atoms with E-state index in [2.05, 4.69) is 19.1 Å². The molecule has 0 aliphatic heterocycles. The number of nitrogens with two attached hydrogens (primary N) is 1. The second kappa shape index (κ2) is 9.66. The van der Waals surface area contributed by atoms with Crippen molar-refractivity contribution in [3.63, 3.8) is 0 Å². The second-order valence-corrected chi connectivity index (χ2v) is 4.34. The summed E-state index contributed by atoms with van der Waals surface area (Å²) in [6.07, 6.45) is 7.06. The number of rotatable bonds is 1. The number of fused-ring (bicyclic) bond motifs is 1. The Morgan fingerprint density at radius 2 is 1.58 bits per heavy atom. The molecule has 0 fully saturated rings. The fraction of sp³-hybridized carbons (Fsp3) is 0.556. The van der Waals surface area contributed by atoms with Crippen molar-refractivity contribution in [2.45, 2.75) is 67.2 Å². The molecule has 110 valence electrons. The molecule has 0 heterocycles. The molecular weight excluding hydrogens is 230 g/mol. The van der Waals surface area contributed by atoms with Gasteiger partial charge in [0.05, 0.1) is 0 Å². The first-order chi connectivity index (χ1) is 9.24. The van der Waals surface area contributed by atoms with Crippen LogP contribution in [-0.2, 0) is 12.8 Å². The molecule has 1 aromatic rings. The zero-order valence-electron chi connectivity index (χ0n) is 13.6. The highest BCUT2D eigenvalue weighted by Crippen LogP contribution is 2.29. The maximum absolute atomic E-state index is 6.03. The molecule has 0 saturated heterocycles. The average molecular weight is 263 g/mol. The Balaban J connectivity index is 0. The lowest BCUT2D eigenvalue weighted by atomic mass is 9.84. The van der Waals surface area contributed by atoms with Gasteiger partial charge in [-0.05, 0) is 56.2 Å². The topological polar surface area (TPSA) is 26.0 Å². The summed E-state index contributed by atoms with van der Waals surface area (Å²) in [5, 5.41) is 0. The van der Waals surface area contributed by atoms with E-state index in [1.807, 2.05) is 40.7 Å². The molecule has 0 bridgehead atoms. The molecule has 0 aromatic heterocycles. The van der Waals surface area contributed by atoms with Crippen LogP contribution in [0.25, 0.3) is 5.70 Å². The lowest BCUT2D eigenvalue weighted by Gasteiger charge is -2.21. The van der Waals surface area contributed by atoms with E-state index in [1.54, 1.807) is 5.56 Å². The Labute approximate surface area is 121 Å². The van der Waals surface area contributed by atoms with Gasteiger partial charge in [-0.1, -0.05) is 45.9 Å². The molecule has 1 aromatic carbocycles. The fourth-order valence-corrected chi connectivity index (χ4v) is 2.47. The van der Waals surface area contributed by atoms with Crippen molar-refractivity contribution < 1.29 is 1.43 Å². The number of hydrogen-bond acceptors (Lipinski definition) is 1. The molecule has 2 N–H and O–H groups in total. The molecule has 19 heavy (non-hydrogen) atoms. The van der Waals surface area contributed by atoms with Crippen LogP contribution >= 0.6 is 0 Å². The first kappa shape index (κ1) is 17.8. The summed E-state index contributed by atoms with van der Waals surface area (Å²) in [6.45, 7) is 12.2. The van der Waals surface area contributed by atoms with Gasteiger partial charge in [-0.15, -0.1) is 0 Å². The van der Waals surface area contributed by atoms with Crippen LogP contribution in [-0.4, -0.2) is 0 Å². The monoisotopic (exact) mass is 263 g/mol. The Morgan fingerprint density at radius 1 is 1.05 bits per heavy atom. The Kier molecular flexibility index (Phi) is 9.03. The van der Waals surface area contributed by atoms with Gasteiger partial charge >= 0.3 is 0 Å². The molecule has 2 rings (SSSR count). The quantitative estimate of drug-likeness (QED) is 0.712. The summed E-state index contributed by atoms with van der Waals surface area (Å²) < 4.78 is 0. The number of hydrogen-bond donors (Lipinski definition) is 1. The van der Waals surface area contributed by atoms with Crippen molar-refractivity contribution in [1.29, 1.82) is 0 Å². The van der Waals surface area contributed by atoms with Gasteiger partial charge in [-0.3, -0.25) is 0 Å². The van der Waals surface area contributed by atoms with Gasteiger partial charge in [0, 0.05) is 12.7 Å². The highest BCUT2D eigenvalue weighted by Gasteiger charge is 2.15. The van der Waals surface area contributed by atoms with E-state index < -0.39 is 0 Å². The molecule has 0 unspecified atom stereocenters. The van der Waals surface area contributed by atoms with Crippen molar-refractivity contribution in [1.82, 2.24) is 0 Å². The second-order valence-electron chi connectivity index (χ2n) is 4.34. The first-order valence-corrected chi connectivity index (χ1v) is 7.77. The lowest BCUT2D eigenvalue weighted by molar-refractivity contribution is 0.680. The van der Waals surface area contributed by atoms with Crippen molar-refractivity contribution in [2.75, 3.05) is 0 Å². The minimum absolute atomic E-state index is 0. The van der Waals surface area contributed by atoms with Gasteiger partial charge in [0.15, 0.2) is 0 Å². The van der Waals surface area contributed by atoms with Crippen LogP contribution in [0.15, 0.2) is 18.2 Å². The summed E-state index contributed by atoms with van der Waals surface area (Å²) >= 11 is 0. The van der Waals surface area contributed by atoms with Crippen LogP contribution in [0.3, 0.4) is 0 Å². The van der Waals surface area contributed by atoms with Crippen molar-refractivity contribution >= 4 is 5.70 Å². The van der Waals surface area contributed by atoms with E-state index in [9.17, 15) is 0 Å². The van der Waals surface area contributed by atoms with Crippen molar-refractivity contribution in [2.24, 2.45) is 5.73 Å². The predicted molar refractivity (Wildman–Crippen MR) is 90.5 cm³/mol. The molecule has 1 nitrogen and oxygen atoms in total. The summed E-state index contributed by atoms with van der Waals surface area (Å²) in [7, 11) is 0. The van der Waals surface area contributed by atoms with Crippen LogP contribution in [0.2, 0.25) is 0 Å². The van der Waals surface area contributed by atoms with Crippen LogP contribution in [0, 0.1) is 6.92 Å². The summed E-state index contributed by atoms with van der Waals surface area (Å²) in [4.78, 5) is 0. The lowest BCUT2D eigenvalue weighted by Crippen LogP contribution is -2.10. The number of aryl methyl sites for hydroxylation is 1. The SMILES string of the molecule is C/C=C(\N)c1ccc(C)c2c1CCCC2.CC.CC.[HH]. The molecule has 0 radical (unpaired) electrons. The molecule has 1 aliphatic carbocycles. The largest absolute Gasteiger partial charge is 0.399 e. The van der Waals surface area contributed by atoms with Crippen LogP contribution < -0.4 is 5.73 Å². The van der Waals surface area contributed by atoms with E-state index >= 15 is 0 Å². The summed E-state index contributed by atoms with van der Waals surface area (Å²) in [5.41, 5.74) is 12.7. The highest BCUT2D eigenvalue weighted by atomic mass is 14.6. The van der Waals surface area contributed by atoms with Gasteiger partial charge in [0.25, 0.3) is 0 Å². The predicted octanol–water partition coefficient (Wildman–Crippen LogP) is 5.49. The first-order valence-electron chi connectivity index (χ1n) is 7.77. The van der Waals surface area contributed by atoms with E-state index in [1.165, 1.54) is 42.4 Å². The minimum Gasteiger partial charge on any atom is -0.399 e. The van der Waals surface area contributed by atoms with E-state index in [0.29, 0.717) is 0 Å². The molecule has 0 atom stereocenters. The summed E-state index contributed by atoms with van der Waals surface area (Å²) in [5.74, 6) is 0. The van der Waals surface area contributed by atoms with Crippen molar-refractivity contribution in [3.05, 3.63) is 40.5 Å². The molecule has 0 spiro atoms. The van der Waals surface area contributed by atoms with E-state index in [4.69, 9.17) is 5.73 Å². The third kappa shape index (κ3) is 4.41. The fourth-order valence-electron chi connectivity index (χ4n) is 2.47. The van der Waals surface area contributed by atoms with Gasteiger partial charge in [-0.25, -0.2) is 0 Å². The van der Waals surface area contributed by atoms with Crippen LogP contribution in [0.5, 0.6) is 0 Å². The highest BCUT2D eigenvalue weighted by molar-refractivity contribution is 5.67. The third-order valence-corrected chi connectivity index (χ3v) is 3.39. The van der Waals surface area contributed by atoms with E-state index in [-0.39, 0.29) is 1.43 Å². The van der Waals surface area contributed by atoms with Gasteiger partial charge in [0.2, 0.25) is 0 Å². The van der Waals surface area contributed by atoms with Crippen molar-refractivity contribution in [3.8, 4) is 0 Å². The molecular formula is C18H33N. The van der Waals surface area contributed by atoms with Gasteiger partial charge < -0.3 is 5.73 Å². The zero-order chi connectivity index (χ0) is 14.8. The Bertz CT molecular complexity index is 408. The smallest absolute Gasteiger partial charge is 0.0347 e. The van der Waals surface area contributed by atoms with Crippen LogP contribution in [0.4, 0.5) is 0 Å².